The number of aliphatic hydroxyl groups is 2. The molecule has 0 radical (unpaired) electrons. The number of rotatable bonds is 4. The first-order valence-corrected chi connectivity index (χ1v) is 4.88. The molecule has 86 valence electrons. The molecule has 0 fully saturated rings. The fourth-order valence-electron chi connectivity index (χ4n) is 1.38. The van der Waals surface area contributed by atoms with E-state index in [1.165, 1.54) is 6.33 Å². The van der Waals surface area contributed by atoms with Gasteiger partial charge in [-0.2, -0.15) is 5.10 Å². The summed E-state index contributed by atoms with van der Waals surface area (Å²) in [5, 5.41) is 25.7. The van der Waals surface area contributed by atoms with Gasteiger partial charge in [0.2, 0.25) is 0 Å². The number of aryl methyl sites for hydroxylation is 1. The molecule has 0 saturated heterocycles. The summed E-state index contributed by atoms with van der Waals surface area (Å²) in [6, 6.07) is 0. The zero-order valence-corrected chi connectivity index (χ0v) is 8.83. The monoisotopic (exact) mass is 223 g/mol. The number of hydrogen-bond acceptors (Lipinski definition) is 6. The van der Waals surface area contributed by atoms with Gasteiger partial charge in [-0.1, -0.05) is 0 Å². The molecule has 3 N–H and O–H groups in total. The highest BCUT2D eigenvalue weighted by atomic mass is 16.3. The molecule has 1 unspecified atom stereocenters. The molecule has 2 aromatic heterocycles. The van der Waals surface area contributed by atoms with Crippen LogP contribution in [0.25, 0.3) is 11.0 Å². The van der Waals surface area contributed by atoms with Crippen LogP contribution in [-0.4, -0.2) is 49.2 Å². The normalized spacial score (nSPS) is 12.9. The Morgan fingerprint density at radius 3 is 3.06 bits per heavy atom. The van der Waals surface area contributed by atoms with Crippen molar-refractivity contribution < 1.29 is 10.2 Å². The molecule has 7 heteroatoms. The van der Waals surface area contributed by atoms with E-state index in [9.17, 15) is 5.11 Å². The van der Waals surface area contributed by atoms with Crippen LogP contribution in [0, 0.1) is 0 Å². The molecule has 0 aliphatic heterocycles. The largest absolute Gasteiger partial charge is 0.394 e. The van der Waals surface area contributed by atoms with Crippen molar-refractivity contribution >= 4 is 16.9 Å². The number of fused-ring (bicyclic) bond motifs is 1. The Bertz CT molecular complexity index is 484. The van der Waals surface area contributed by atoms with Gasteiger partial charge in [0, 0.05) is 13.6 Å². The molecule has 0 bridgehead atoms. The minimum absolute atomic E-state index is 0.234. The van der Waals surface area contributed by atoms with Crippen molar-refractivity contribution in [2.75, 3.05) is 18.5 Å². The maximum atomic E-state index is 9.22. The first-order valence-electron chi connectivity index (χ1n) is 4.88. The van der Waals surface area contributed by atoms with Crippen molar-refractivity contribution in [2.24, 2.45) is 7.05 Å². The Morgan fingerprint density at radius 1 is 1.50 bits per heavy atom. The zero-order valence-electron chi connectivity index (χ0n) is 8.83. The number of aromatic nitrogens is 4. The van der Waals surface area contributed by atoms with E-state index in [4.69, 9.17) is 5.11 Å². The third-order valence-electron chi connectivity index (χ3n) is 2.25. The molecule has 2 rings (SSSR count). The second-order valence-electron chi connectivity index (χ2n) is 3.45. The summed E-state index contributed by atoms with van der Waals surface area (Å²) in [7, 11) is 1.79. The van der Waals surface area contributed by atoms with Crippen LogP contribution in [0.4, 0.5) is 5.82 Å². The van der Waals surface area contributed by atoms with E-state index in [0.29, 0.717) is 5.82 Å². The van der Waals surface area contributed by atoms with Crippen molar-refractivity contribution in [3.63, 3.8) is 0 Å². The fraction of sp³-hybridized carbons (Fsp3) is 0.444. The predicted molar refractivity (Wildman–Crippen MR) is 57.9 cm³/mol. The molecular weight excluding hydrogens is 210 g/mol. The van der Waals surface area contributed by atoms with Crippen LogP contribution in [0.3, 0.4) is 0 Å². The maximum Gasteiger partial charge on any atom is 0.163 e. The van der Waals surface area contributed by atoms with Crippen LogP contribution in [0.1, 0.15) is 0 Å². The van der Waals surface area contributed by atoms with E-state index in [1.807, 2.05) is 0 Å². The molecule has 2 aromatic rings. The molecule has 16 heavy (non-hydrogen) atoms. The van der Waals surface area contributed by atoms with Crippen LogP contribution in [0.5, 0.6) is 0 Å². The van der Waals surface area contributed by atoms with E-state index >= 15 is 0 Å². The SMILES string of the molecule is Cn1ncc2c(NCC(O)CO)ncnc21. The van der Waals surface area contributed by atoms with Crippen molar-refractivity contribution in [3.05, 3.63) is 12.5 Å². The number of nitrogens with one attached hydrogen (secondary N) is 1. The summed E-state index contributed by atoms with van der Waals surface area (Å²) in [6.07, 6.45) is 2.28. The number of aliphatic hydroxyl groups excluding tert-OH is 2. The number of nitrogens with zero attached hydrogens (tertiary/aromatic N) is 4. The lowest BCUT2D eigenvalue weighted by Gasteiger charge is -2.09. The molecule has 1 atom stereocenters. The Kier molecular flexibility index (Phi) is 2.97. The summed E-state index contributed by atoms with van der Waals surface area (Å²) < 4.78 is 1.64. The molecule has 7 nitrogen and oxygen atoms in total. The molecule has 0 aromatic carbocycles. The first-order chi connectivity index (χ1) is 7.72. The Hall–Kier alpha value is -1.73. The zero-order chi connectivity index (χ0) is 11.5. The quantitative estimate of drug-likeness (QED) is 0.623. The van der Waals surface area contributed by atoms with Gasteiger partial charge < -0.3 is 15.5 Å². The molecule has 0 aliphatic carbocycles. The molecule has 0 spiro atoms. The van der Waals surface area contributed by atoms with Crippen LogP contribution < -0.4 is 5.32 Å². The summed E-state index contributed by atoms with van der Waals surface area (Å²) in [6.45, 7) is -0.0498. The summed E-state index contributed by atoms with van der Waals surface area (Å²) in [4.78, 5) is 8.14. The van der Waals surface area contributed by atoms with E-state index in [-0.39, 0.29) is 13.2 Å². The van der Waals surface area contributed by atoms with Gasteiger partial charge in [0.05, 0.1) is 24.3 Å². The van der Waals surface area contributed by atoms with Gasteiger partial charge in [0.1, 0.15) is 12.1 Å². The minimum Gasteiger partial charge on any atom is -0.394 e. The van der Waals surface area contributed by atoms with Crippen LogP contribution in [0.2, 0.25) is 0 Å². The van der Waals surface area contributed by atoms with Crippen molar-refractivity contribution in [1.29, 1.82) is 0 Å². The topological polar surface area (TPSA) is 96.1 Å². The van der Waals surface area contributed by atoms with Crippen molar-refractivity contribution in [2.45, 2.75) is 6.10 Å². The van der Waals surface area contributed by atoms with Gasteiger partial charge in [-0.15, -0.1) is 0 Å². The summed E-state index contributed by atoms with van der Waals surface area (Å²) in [5.41, 5.74) is 0.719. The van der Waals surface area contributed by atoms with Crippen LogP contribution in [-0.2, 0) is 7.05 Å². The Morgan fingerprint density at radius 2 is 2.31 bits per heavy atom. The molecular formula is C9H13N5O2. The van der Waals surface area contributed by atoms with Gasteiger partial charge in [0.15, 0.2) is 5.65 Å². The first kappa shape index (κ1) is 10.8. The van der Waals surface area contributed by atoms with Crippen molar-refractivity contribution in [3.8, 4) is 0 Å². The molecule has 0 saturated carbocycles. The number of hydrogen-bond donors (Lipinski definition) is 3. The van der Waals surface area contributed by atoms with E-state index < -0.39 is 6.10 Å². The van der Waals surface area contributed by atoms with Crippen LogP contribution in [0.15, 0.2) is 12.5 Å². The van der Waals surface area contributed by atoms with Gasteiger partial charge in [0.25, 0.3) is 0 Å². The predicted octanol–water partition coefficient (Wildman–Crippen LogP) is -0.872. The lowest BCUT2D eigenvalue weighted by atomic mass is 10.3. The molecule has 0 amide bonds. The molecule has 0 aliphatic rings. The van der Waals surface area contributed by atoms with E-state index in [1.54, 1.807) is 17.9 Å². The molecule has 2 heterocycles. The lowest BCUT2D eigenvalue weighted by Crippen LogP contribution is -2.23. The fourth-order valence-corrected chi connectivity index (χ4v) is 1.38. The summed E-state index contributed by atoms with van der Waals surface area (Å²) in [5.74, 6) is 0.602. The van der Waals surface area contributed by atoms with E-state index in [0.717, 1.165) is 11.0 Å². The van der Waals surface area contributed by atoms with Crippen LogP contribution >= 0.6 is 0 Å². The minimum atomic E-state index is -0.804. The summed E-state index contributed by atoms with van der Waals surface area (Å²) >= 11 is 0. The average molecular weight is 223 g/mol. The Labute approximate surface area is 91.8 Å². The maximum absolute atomic E-state index is 9.22. The van der Waals surface area contributed by atoms with Gasteiger partial charge in [-0.25, -0.2) is 9.97 Å². The number of anilines is 1. The van der Waals surface area contributed by atoms with Crippen molar-refractivity contribution in [1.82, 2.24) is 19.7 Å². The smallest absolute Gasteiger partial charge is 0.163 e. The average Bonchev–Trinajstić information content (AvgIpc) is 2.69. The lowest BCUT2D eigenvalue weighted by molar-refractivity contribution is 0.105. The van der Waals surface area contributed by atoms with E-state index in [2.05, 4.69) is 20.4 Å². The van der Waals surface area contributed by atoms with Gasteiger partial charge in [-0.05, 0) is 0 Å². The van der Waals surface area contributed by atoms with Gasteiger partial charge in [-0.3, -0.25) is 4.68 Å². The highest BCUT2D eigenvalue weighted by Gasteiger charge is 2.08. The highest BCUT2D eigenvalue weighted by Crippen LogP contribution is 2.17. The third-order valence-corrected chi connectivity index (χ3v) is 2.25. The Balaban J connectivity index is 2.24. The second kappa shape index (κ2) is 4.42. The highest BCUT2D eigenvalue weighted by molar-refractivity contribution is 5.85. The van der Waals surface area contributed by atoms with Gasteiger partial charge >= 0.3 is 0 Å². The third kappa shape index (κ3) is 1.95. The second-order valence-corrected chi connectivity index (χ2v) is 3.45. The standard InChI is InChI=1S/C9H13N5O2/c1-14-9-7(3-13-14)8(11-5-12-9)10-2-6(16)4-15/h3,5-6,15-16H,2,4H2,1H3,(H,10,11,12).